The van der Waals surface area contributed by atoms with Crippen molar-refractivity contribution in [2.75, 3.05) is 6.54 Å². The highest BCUT2D eigenvalue weighted by molar-refractivity contribution is 7.71. The highest BCUT2D eigenvalue weighted by atomic mass is 32.1. The molecule has 0 radical (unpaired) electrons. The second kappa shape index (κ2) is 5.39. The van der Waals surface area contributed by atoms with E-state index in [0.717, 1.165) is 18.0 Å². The number of hydrogen-bond acceptors (Lipinski definition) is 4. The third-order valence-electron chi connectivity index (χ3n) is 4.37. The summed E-state index contributed by atoms with van der Waals surface area (Å²) in [4.78, 5) is 12.1. The number of carbonyl (C=O) groups is 1. The Labute approximate surface area is 132 Å². The summed E-state index contributed by atoms with van der Waals surface area (Å²) in [6.07, 6.45) is 5.57. The number of aromatic amines is 1. The number of furan rings is 1. The fourth-order valence-electron chi connectivity index (χ4n) is 2.95. The fourth-order valence-corrected chi connectivity index (χ4v) is 3.25. The molecule has 116 valence electrons. The lowest BCUT2D eigenvalue weighted by molar-refractivity contribution is -0.122. The number of nitrogens with zero attached hydrogens (tertiary/aromatic N) is 2. The third-order valence-corrected chi connectivity index (χ3v) is 4.66. The van der Waals surface area contributed by atoms with Crippen LogP contribution >= 0.6 is 12.2 Å². The van der Waals surface area contributed by atoms with Crippen LogP contribution in [0.1, 0.15) is 42.8 Å². The summed E-state index contributed by atoms with van der Waals surface area (Å²) in [5.74, 6) is 2.25. The minimum atomic E-state index is 0.0513. The monoisotopic (exact) mass is 318 g/mol. The van der Waals surface area contributed by atoms with Crippen molar-refractivity contribution >= 4 is 18.1 Å². The number of hydrogen-bond donors (Lipinski definition) is 2. The maximum atomic E-state index is 12.1. The first-order chi connectivity index (χ1) is 10.7. The van der Waals surface area contributed by atoms with E-state index in [1.165, 1.54) is 12.8 Å². The summed E-state index contributed by atoms with van der Waals surface area (Å²) < 4.78 is 8.13. The largest absolute Gasteiger partial charge is 0.469 e. The molecule has 2 aliphatic carbocycles. The van der Waals surface area contributed by atoms with Gasteiger partial charge < -0.3 is 14.3 Å². The molecule has 4 rings (SSSR count). The summed E-state index contributed by atoms with van der Waals surface area (Å²) >= 11 is 5.25. The average molecular weight is 318 g/mol. The Balaban J connectivity index is 1.29. The molecule has 6 nitrogen and oxygen atoms in total. The zero-order valence-electron chi connectivity index (χ0n) is 12.1. The molecule has 2 N–H and O–H groups in total. The van der Waals surface area contributed by atoms with Crippen molar-refractivity contribution in [2.45, 2.75) is 37.6 Å². The number of carbonyl (C=O) groups excluding carboxylic acids is 1. The van der Waals surface area contributed by atoms with Gasteiger partial charge in [0, 0.05) is 30.8 Å². The quantitative estimate of drug-likeness (QED) is 0.802. The third kappa shape index (κ3) is 2.61. The van der Waals surface area contributed by atoms with E-state index >= 15 is 0 Å². The smallest absolute Gasteiger partial charge is 0.223 e. The van der Waals surface area contributed by atoms with Gasteiger partial charge in [-0.3, -0.25) is 9.89 Å². The van der Waals surface area contributed by atoms with Gasteiger partial charge in [0.2, 0.25) is 5.91 Å². The maximum absolute atomic E-state index is 12.1. The molecule has 2 fully saturated rings. The summed E-state index contributed by atoms with van der Waals surface area (Å²) in [5, 5.41) is 10.1. The molecule has 2 aliphatic rings. The second-order valence-corrected chi connectivity index (χ2v) is 6.44. The van der Waals surface area contributed by atoms with Gasteiger partial charge in [0.05, 0.1) is 6.26 Å². The lowest BCUT2D eigenvalue weighted by Crippen LogP contribution is -2.28. The van der Waals surface area contributed by atoms with Crippen LogP contribution in [0.15, 0.2) is 22.8 Å². The molecular weight excluding hydrogens is 300 g/mol. The van der Waals surface area contributed by atoms with Crippen molar-refractivity contribution in [1.29, 1.82) is 0 Å². The van der Waals surface area contributed by atoms with Gasteiger partial charge in [-0.05, 0) is 43.6 Å². The van der Waals surface area contributed by atoms with Crippen LogP contribution in [0.25, 0.3) is 0 Å². The lowest BCUT2D eigenvalue weighted by Gasteiger charge is -2.06. The Morgan fingerprint density at radius 2 is 2.41 bits per heavy atom. The molecule has 0 spiro atoms. The highest BCUT2D eigenvalue weighted by Gasteiger charge is 2.45. The summed E-state index contributed by atoms with van der Waals surface area (Å²) in [5.41, 5.74) is 0. The second-order valence-electron chi connectivity index (χ2n) is 6.05. The standard InChI is InChI=1S/C15H18N4O2S/c20-14(11-8-10(11)12-2-1-7-21-12)16-6-5-13-17-18-15(22)19(13)9-3-4-9/h1-2,7,9-11H,3-6,8H2,(H,16,20)(H,18,22)/t10-,11+/m0/s1. The van der Waals surface area contributed by atoms with Gasteiger partial charge >= 0.3 is 0 Å². The van der Waals surface area contributed by atoms with Gasteiger partial charge in [0.25, 0.3) is 0 Å². The minimum absolute atomic E-state index is 0.0513. The van der Waals surface area contributed by atoms with E-state index in [9.17, 15) is 4.79 Å². The minimum Gasteiger partial charge on any atom is -0.469 e. The number of amides is 1. The molecule has 2 aromatic rings. The van der Waals surface area contributed by atoms with Crippen molar-refractivity contribution in [1.82, 2.24) is 20.1 Å². The Bertz CT molecular complexity index is 729. The highest BCUT2D eigenvalue weighted by Crippen LogP contribution is 2.47. The normalized spacial score (nSPS) is 23.5. The zero-order valence-corrected chi connectivity index (χ0v) is 12.9. The molecule has 0 unspecified atom stereocenters. The van der Waals surface area contributed by atoms with Crippen LogP contribution in [0, 0.1) is 10.7 Å². The molecule has 2 atom stereocenters. The first-order valence-corrected chi connectivity index (χ1v) is 8.12. The zero-order chi connectivity index (χ0) is 15.1. The van der Waals surface area contributed by atoms with Gasteiger partial charge in [-0.15, -0.1) is 0 Å². The van der Waals surface area contributed by atoms with Crippen molar-refractivity contribution in [3.63, 3.8) is 0 Å². The van der Waals surface area contributed by atoms with Crippen molar-refractivity contribution in [3.8, 4) is 0 Å². The van der Waals surface area contributed by atoms with Crippen molar-refractivity contribution in [2.24, 2.45) is 5.92 Å². The van der Waals surface area contributed by atoms with Gasteiger partial charge in [0.1, 0.15) is 11.6 Å². The molecule has 2 aromatic heterocycles. The van der Waals surface area contributed by atoms with E-state index in [-0.39, 0.29) is 17.7 Å². The summed E-state index contributed by atoms with van der Waals surface area (Å²) in [6, 6.07) is 4.30. The van der Waals surface area contributed by atoms with E-state index in [1.807, 2.05) is 12.1 Å². The predicted octanol–water partition coefficient (Wildman–Crippen LogP) is 2.33. The number of aromatic nitrogens is 3. The van der Waals surface area contributed by atoms with Crippen LogP contribution in [0.4, 0.5) is 0 Å². The van der Waals surface area contributed by atoms with Crippen LogP contribution in [0.3, 0.4) is 0 Å². The van der Waals surface area contributed by atoms with Crippen LogP contribution in [-0.2, 0) is 11.2 Å². The van der Waals surface area contributed by atoms with Crippen LogP contribution in [0.2, 0.25) is 0 Å². The predicted molar refractivity (Wildman–Crippen MR) is 82.0 cm³/mol. The fraction of sp³-hybridized carbons (Fsp3) is 0.533. The van der Waals surface area contributed by atoms with E-state index in [0.29, 0.717) is 23.8 Å². The molecule has 0 saturated heterocycles. The topological polar surface area (TPSA) is 75.8 Å². The van der Waals surface area contributed by atoms with Gasteiger partial charge in [-0.25, -0.2) is 0 Å². The molecule has 7 heteroatoms. The van der Waals surface area contributed by atoms with Crippen LogP contribution in [0.5, 0.6) is 0 Å². The van der Waals surface area contributed by atoms with E-state index in [2.05, 4.69) is 20.1 Å². The molecule has 2 saturated carbocycles. The molecule has 0 bridgehead atoms. The summed E-state index contributed by atoms with van der Waals surface area (Å²) in [6.45, 7) is 0.590. The van der Waals surface area contributed by atoms with Crippen LogP contribution < -0.4 is 5.32 Å². The first kappa shape index (κ1) is 13.8. The lowest BCUT2D eigenvalue weighted by atomic mass is 10.2. The van der Waals surface area contributed by atoms with Gasteiger partial charge in [-0.2, -0.15) is 5.10 Å². The number of rotatable bonds is 6. The maximum Gasteiger partial charge on any atom is 0.223 e. The Morgan fingerprint density at radius 1 is 1.55 bits per heavy atom. The molecule has 0 aliphatic heterocycles. The average Bonchev–Trinajstić information content (AvgIpc) is 3.42. The Kier molecular flexibility index (Phi) is 3.37. The molecular formula is C15H18N4O2S. The number of H-pyrrole nitrogens is 1. The van der Waals surface area contributed by atoms with E-state index in [1.54, 1.807) is 6.26 Å². The SMILES string of the molecule is O=C(NCCc1n[nH]c(=S)n1C1CC1)[C@@H]1C[C@@H]1c1ccco1. The summed E-state index contributed by atoms with van der Waals surface area (Å²) in [7, 11) is 0. The van der Waals surface area contributed by atoms with Crippen molar-refractivity contribution in [3.05, 3.63) is 34.8 Å². The van der Waals surface area contributed by atoms with E-state index < -0.39 is 0 Å². The van der Waals surface area contributed by atoms with Crippen LogP contribution in [-0.4, -0.2) is 27.2 Å². The Hall–Kier alpha value is -1.89. The Morgan fingerprint density at radius 3 is 3.14 bits per heavy atom. The first-order valence-electron chi connectivity index (χ1n) is 7.71. The molecule has 0 aromatic carbocycles. The molecule has 2 heterocycles. The number of nitrogens with one attached hydrogen (secondary N) is 2. The van der Waals surface area contributed by atoms with E-state index in [4.69, 9.17) is 16.6 Å². The van der Waals surface area contributed by atoms with Gasteiger partial charge in [-0.1, -0.05) is 0 Å². The molecule has 1 amide bonds. The van der Waals surface area contributed by atoms with Crippen molar-refractivity contribution < 1.29 is 9.21 Å². The van der Waals surface area contributed by atoms with Gasteiger partial charge in [0.15, 0.2) is 4.77 Å². The molecule has 22 heavy (non-hydrogen) atoms.